The quantitative estimate of drug-likeness (QED) is 0.179. The second kappa shape index (κ2) is 10.1. The minimum Gasteiger partial charge on any atom is -0.295 e. The van der Waals surface area contributed by atoms with Crippen LogP contribution in [0.3, 0.4) is 0 Å². The number of aromatic nitrogens is 1. The maximum absolute atomic E-state index is 13.5. The monoisotopic (exact) mass is 644 g/mol. The lowest BCUT2D eigenvalue weighted by atomic mass is 9.82. The van der Waals surface area contributed by atoms with Gasteiger partial charge in [0.05, 0.1) is 10.4 Å². The Morgan fingerprint density at radius 2 is 1.43 bits per heavy atom. The van der Waals surface area contributed by atoms with E-state index < -0.39 is 0 Å². The van der Waals surface area contributed by atoms with E-state index in [1.165, 1.54) is 36.2 Å². The molecule has 3 aromatic heterocycles. The highest BCUT2D eigenvalue weighted by molar-refractivity contribution is 7.30. The standard InChI is InChI=1S/C42H32N2OS2/c1-41(2)32-17-11-10-16-30(32)37(45)33(41)23-29-24-34-39(46-29)36-38(47-34)31-20-21-35(43-40(31)42(36,3)4)44(27-14-6-5-7-15-27)28-19-18-25-12-8-9-13-26(25)22-28/h5-24H,1-4H3/b33-23+. The van der Waals surface area contributed by atoms with Crippen LogP contribution in [0.15, 0.2) is 121 Å². The van der Waals surface area contributed by atoms with Crippen molar-refractivity contribution >= 4 is 71.9 Å². The summed E-state index contributed by atoms with van der Waals surface area (Å²) in [6.07, 6.45) is 2.14. The summed E-state index contributed by atoms with van der Waals surface area (Å²) in [5.41, 5.74) is 8.04. The van der Waals surface area contributed by atoms with Crippen molar-refractivity contribution in [2.75, 3.05) is 4.90 Å². The number of benzene rings is 4. The van der Waals surface area contributed by atoms with E-state index in [4.69, 9.17) is 4.98 Å². The normalized spacial score (nSPS) is 16.5. The van der Waals surface area contributed by atoms with Crippen LogP contribution in [0.25, 0.3) is 36.7 Å². The van der Waals surface area contributed by atoms with Crippen molar-refractivity contribution < 1.29 is 4.79 Å². The highest BCUT2D eigenvalue weighted by Crippen LogP contribution is 2.57. The summed E-state index contributed by atoms with van der Waals surface area (Å²) >= 11 is 3.65. The number of para-hydroxylation sites is 1. The highest BCUT2D eigenvalue weighted by Gasteiger charge is 2.43. The number of allylic oxidation sites excluding steroid dienone is 1. The Morgan fingerprint density at radius 1 is 0.681 bits per heavy atom. The second-order valence-electron chi connectivity index (χ2n) is 13.6. The molecule has 0 unspecified atom stereocenters. The van der Waals surface area contributed by atoms with E-state index in [2.05, 4.69) is 136 Å². The van der Waals surface area contributed by atoms with Crippen LogP contribution in [0.2, 0.25) is 0 Å². The van der Waals surface area contributed by atoms with Gasteiger partial charge in [0.1, 0.15) is 5.82 Å². The third kappa shape index (κ3) is 4.16. The lowest BCUT2D eigenvalue weighted by Crippen LogP contribution is -2.19. The summed E-state index contributed by atoms with van der Waals surface area (Å²) in [5, 5.41) is 2.42. The van der Waals surface area contributed by atoms with Gasteiger partial charge in [0.15, 0.2) is 5.78 Å². The average molecular weight is 645 g/mol. The third-order valence-corrected chi connectivity index (χ3v) is 12.4. The van der Waals surface area contributed by atoms with Crippen molar-refractivity contribution in [2.45, 2.75) is 38.5 Å². The fourth-order valence-corrected chi connectivity index (χ4v) is 10.5. The van der Waals surface area contributed by atoms with Gasteiger partial charge in [0.2, 0.25) is 0 Å². The topological polar surface area (TPSA) is 33.2 Å². The first-order valence-corrected chi connectivity index (χ1v) is 17.6. The molecule has 2 aliphatic rings. The Hall–Kier alpha value is -4.84. The fourth-order valence-electron chi connectivity index (χ4n) is 7.58. The molecule has 0 N–H and O–H groups in total. The van der Waals surface area contributed by atoms with Crippen molar-refractivity contribution in [1.82, 2.24) is 4.98 Å². The van der Waals surface area contributed by atoms with Crippen molar-refractivity contribution in [3.63, 3.8) is 0 Å². The van der Waals surface area contributed by atoms with Crippen LogP contribution in [-0.4, -0.2) is 10.8 Å². The van der Waals surface area contributed by atoms with Gasteiger partial charge < -0.3 is 0 Å². The van der Waals surface area contributed by atoms with E-state index >= 15 is 0 Å². The zero-order valence-electron chi connectivity index (χ0n) is 26.7. The highest BCUT2D eigenvalue weighted by atomic mass is 32.1. The SMILES string of the molecule is CC1(C)/C(=C/c2cc3sc4c(c3s2)C(C)(C)c2nc(N(c3ccccc3)c3ccc5ccccc5c3)ccc2-4)C(=O)c2ccccc21. The number of carbonyl (C=O) groups is 1. The zero-order chi connectivity index (χ0) is 32.1. The van der Waals surface area contributed by atoms with E-state index in [1.807, 2.05) is 29.5 Å². The molecule has 0 fully saturated rings. The van der Waals surface area contributed by atoms with Crippen molar-refractivity contribution in [1.29, 1.82) is 0 Å². The maximum atomic E-state index is 13.5. The Labute approximate surface area is 282 Å². The lowest BCUT2D eigenvalue weighted by molar-refractivity contribution is 0.103. The van der Waals surface area contributed by atoms with Gasteiger partial charge in [-0.15, -0.1) is 22.7 Å². The minimum absolute atomic E-state index is 0.145. The van der Waals surface area contributed by atoms with Crippen LogP contribution in [0.5, 0.6) is 0 Å². The fraction of sp³-hybridized carbons (Fsp3) is 0.143. The number of carbonyl (C=O) groups excluding carboxylic acids is 1. The molecular formula is C42H32N2OS2. The first kappa shape index (κ1) is 28.4. The summed E-state index contributed by atoms with van der Waals surface area (Å²) in [6.45, 7) is 8.94. The predicted molar refractivity (Wildman–Crippen MR) is 199 cm³/mol. The number of fused-ring (bicyclic) bond motifs is 7. The molecule has 0 aliphatic heterocycles. The number of thiophene rings is 2. The lowest BCUT2D eigenvalue weighted by Gasteiger charge is -2.27. The molecule has 0 spiro atoms. The van der Waals surface area contributed by atoms with Crippen LogP contribution in [0, 0.1) is 0 Å². The molecule has 0 atom stereocenters. The number of pyridine rings is 1. The molecular weight excluding hydrogens is 613 g/mol. The minimum atomic E-state index is -0.321. The van der Waals surface area contributed by atoms with Gasteiger partial charge in [-0.1, -0.05) is 100 Å². The Bertz CT molecular complexity index is 2440. The van der Waals surface area contributed by atoms with E-state index in [1.54, 1.807) is 11.3 Å². The molecule has 47 heavy (non-hydrogen) atoms. The molecule has 0 radical (unpaired) electrons. The van der Waals surface area contributed by atoms with Gasteiger partial charge in [0.25, 0.3) is 0 Å². The smallest absolute Gasteiger partial charge is 0.190 e. The molecule has 228 valence electrons. The van der Waals surface area contributed by atoms with Crippen LogP contribution >= 0.6 is 22.7 Å². The molecule has 3 heterocycles. The number of nitrogens with zero attached hydrogens (tertiary/aromatic N) is 2. The van der Waals surface area contributed by atoms with Gasteiger partial charge in [-0.25, -0.2) is 4.98 Å². The van der Waals surface area contributed by atoms with Gasteiger partial charge in [-0.3, -0.25) is 9.69 Å². The van der Waals surface area contributed by atoms with Gasteiger partial charge >= 0.3 is 0 Å². The van der Waals surface area contributed by atoms with Gasteiger partial charge in [0, 0.05) is 58.9 Å². The third-order valence-electron chi connectivity index (χ3n) is 10.0. The zero-order valence-corrected chi connectivity index (χ0v) is 28.3. The summed E-state index contributed by atoms with van der Waals surface area (Å²) in [6, 6.07) is 40.4. The van der Waals surface area contributed by atoms with Crippen LogP contribution < -0.4 is 4.90 Å². The van der Waals surface area contributed by atoms with Crippen molar-refractivity contribution in [2.24, 2.45) is 0 Å². The van der Waals surface area contributed by atoms with Gasteiger partial charge in [-0.05, 0) is 64.9 Å². The molecule has 0 amide bonds. The first-order chi connectivity index (χ1) is 22.7. The van der Waals surface area contributed by atoms with Crippen molar-refractivity contribution in [3.8, 4) is 10.4 Å². The Balaban J connectivity index is 1.14. The molecule has 0 saturated heterocycles. The van der Waals surface area contributed by atoms with E-state index in [0.717, 1.165) is 44.5 Å². The molecule has 4 aromatic carbocycles. The molecule has 5 heteroatoms. The summed E-state index contributed by atoms with van der Waals surface area (Å²) in [5.74, 6) is 1.05. The number of hydrogen-bond acceptors (Lipinski definition) is 5. The molecule has 2 aliphatic carbocycles. The number of anilines is 3. The molecule has 3 nitrogen and oxygen atoms in total. The summed E-state index contributed by atoms with van der Waals surface area (Å²) in [7, 11) is 0. The van der Waals surface area contributed by atoms with E-state index in [-0.39, 0.29) is 16.6 Å². The average Bonchev–Trinajstić information content (AvgIpc) is 3.75. The van der Waals surface area contributed by atoms with Gasteiger partial charge in [-0.2, -0.15) is 0 Å². The Kier molecular flexibility index (Phi) is 6.09. The van der Waals surface area contributed by atoms with Crippen LogP contribution in [0.1, 0.15) is 59.8 Å². The number of Topliss-reactive ketones (excluding diaryl/α,β-unsaturated/α-hetero) is 1. The largest absolute Gasteiger partial charge is 0.295 e. The molecule has 0 bridgehead atoms. The Morgan fingerprint density at radius 3 is 2.23 bits per heavy atom. The van der Waals surface area contributed by atoms with E-state index in [0.29, 0.717) is 0 Å². The molecule has 9 rings (SSSR count). The summed E-state index contributed by atoms with van der Waals surface area (Å²) < 4.78 is 2.58. The maximum Gasteiger partial charge on any atom is 0.190 e. The predicted octanol–water partition coefficient (Wildman–Crippen LogP) is 11.8. The number of ketones is 1. The second-order valence-corrected chi connectivity index (χ2v) is 15.7. The molecule has 0 saturated carbocycles. The number of rotatable bonds is 4. The van der Waals surface area contributed by atoms with Crippen molar-refractivity contribution in [3.05, 3.63) is 148 Å². The van der Waals surface area contributed by atoms with Crippen LogP contribution in [-0.2, 0) is 10.8 Å². The number of hydrogen-bond donors (Lipinski definition) is 0. The molecule has 7 aromatic rings. The summed E-state index contributed by atoms with van der Waals surface area (Å²) in [4.78, 5) is 23.7. The van der Waals surface area contributed by atoms with E-state index in [9.17, 15) is 4.79 Å². The van der Waals surface area contributed by atoms with Crippen LogP contribution in [0.4, 0.5) is 17.2 Å². The first-order valence-electron chi connectivity index (χ1n) is 16.0.